The Morgan fingerprint density at radius 1 is 1.12 bits per heavy atom. The number of nitrogens with one attached hydrogen (secondary N) is 1. The van der Waals surface area contributed by atoms with Crippen molar-refractivity contribution in [2.75, 3.05) is 12.4 Å². The predicted molar refractivity (Wildman–Crippen MR) is 106 cm³/mol. The molecule has 8 heteroatoms. The van der Waals surface area contributed by atoms with E-state index in [1.165, 1.54) is 23.5 Å². The van der Waals surface area contributed by atoms with E-state index in [0.717, 1.165) is 8.95 Å². The van der Waals surface area contributed by atoms with Gasteiger partial charge in [0, 0.05) is 27.6 Å². The monoisotopic (exact) mass is 488 g/mol. The normalized spacial score (nSPS) is 11.8. The maximum atomic E-state index is 12.6. The van der Waals surface area contributed by atoms with Crippen LogP contribution in [0.2, 0.25) is 0 Å². The highest BCUT2D eigenvalue weighted by Gasteiger charge is 2.24. The zero-order chi connectivity index (χ0) is 18.8. The number of carbonyl (C=O) groups is 1. The van der Waals surface area contributed by atoms with Crippen molar-refractivity contribution in [3.8, 4) is 0 Å². The predicted octanol–water partition coefficient (Wildman–Crippen LogP) is 4.49. The maximum absolute atomic E-state index is 12.6. The highest BCUT2D eigenvalue weighted by Crippen LogP contribution is 2.27. The SMILES string of the molecule is CC(C)N(C)S(=O)(=O)c1cccc(C(=O)Nc2cc(Br)ccc2Br)c1. The van der Waals surface area contributed by atoms with Gasteiger partial charge in [-0.2, -0.15) is 4.31 Å². The van der Waals surface area contributed by atoms with Gasteiger partial charge in [0.1, 0.15) is 0 Å². The molecule has 2 aromatic rings. The molecule has 25 heavy (non-hydrogen) atoms. The van der Waals surface area contributed by atoms with Crippen LogP contribution in [0.3, 0.4) is 0 Å². The average Bonchev–Trinajstić information content (AvgIpc) is 2.57. The third kappa shape index (κ3) is 4.69. The van der Waals surface area contributed by atoms with Crippen LogP contribution < -0.4 is 5.32 Å². The summed E-state index contributed by atoms with van der Waals surface area (Å²) in [5.41, 5.74) is 0.858. The van der Waals surface area contributed by atoms with Crippen LogP contribution in [-0.4, -0.2) is 31.7 Å². The van der Waals surface area contributed by atoms with Gasteiger partial charge in [0.05, 0.1) is 10.6 Å². The smallest absolute Gasteiger partial charge is 0.255 e. The Morgan fingerprint density at radius 3 is 2.44 bits per heavy atom. The molecule has 0 saturated heterocycles. The maximum Gasteiger partial charge on any atom is 0.255 e. The van der Waals surface area contributed by atoms with E-state index in [-0.39, 0.29) is 22.4 Å². The van der Waals surface area contributed by atoms with Gasteiger partial charge in [0.15, 0.2) is 0 Å². The number of hydrogen-bond donors (Lipinski definition) is 1. The van der Waals surface area contributed by atoms with Gasteiger partial charge in [-0.05, 0) is 66.2 Å². The molecule has 0 unspecified atom stereocenters. The van der Waals surface area contributed by atoms with Crippen molar-refractivity contribution < 1.29 is 13.2 Å². The average molecular weight is 490 g/mol. The van der Waals surface area contributed by atoms with E-state index in [1.807, 2.05) is 6.07 Å². The molecule has 0 aliphatic heterocycles. The first-order valence-electron chi connectivity index (χ1n) is 7.47. The second-order valence-corrected chi connectivity index (χ2v) is 9.49. The lowest BCUT2D eigenvalue weighted by atomic mass is 10.2. The molecule has 0 heterocycles. The van der Waals surface area contributed by atoms with Crippen LogP contribution in [0.25, 0.3) is 0 Å². The Morgan fingerprint density at radius 2 is 1.80 bits per heavy atom. The van der Waals surface area contributed by atoms with E-state index < -0.39 is 10.0 Å². The zero-order valence-corrected chi connectivity index (χ0v) is 17.9. The molecule has 0 atom stereocenters. The summed E-state index contributed by atoms with van der Waals surface area (Å²) < 4.78 is 28.0. The highest BCUT2D eigenvalue weighted by molar-refractivity contribution is 9.11. The number of hydrogen-bond acceptors (Lipinski definition) is 3. The first kappa shape index (κ1) is 20.1. The summed E-state index contributed by atoms with van der Waals surface area (Å²) in [6.07, 6.45) is 0. The number of sulfonamides is 1. The lowest BCUT2D eigenvalue weighted by Gasteiger charge is -2.21. The molecule has 1 amide bonds. The standard InChI is InChI=1S/C17H18Br2N2O3S/c1-11(2)21(3)25(23,24)14-6-4-5-12(9-14)17(22)20-16-10-13(18)7-8-15(16)19/h4-11H,1-3H3,(H,20,22). The summed E-state index contributed by atoms with van der Waals surface area (Å²) in [6, 6.07) is 11.2. The number of rotatable bonds is 5. The van der Waals surface area contributed by atoms with Crippen molar-refractivity contribution in [3.05, 3.63) is 57.0 Å². The number of anilines is 1. The van der Waals surface area contributed by atoms with Gasteiger partial charge in [-0.15, -0.1) is 0 Å². The Balaban J connectivity index is 2.32. The van der Waals surface area contributed by atoms with Crippen LogP contribution in [-0.2, 0) is 10.0 Å². The van der Waals surface area contributed by atoms with E-state index in [1.54, 1.807) is 38.1 Å². The molecule has 5 nitrogen and oxygen atoms in total. The van der Waals surface area contributed by atoms with Gasteiger partial charge in [0.25, 0.3) is 5.91 Å². The van der Waals surface area contributed by atoms with Gasteiger partial charge >= 0.3 is 0 Å². The Bertz CT molecular complexity index is 899. The van der Waals surface area contributed by atoms with Gasteiger partial charge in [0.2, 0.25) is 10.0 Å². The number of benzene rings is 2. The van der Waals surface area contributed by atoms with Gasteiger partial charge < -0.3 is 5.32 Å². The fourth-order valence-corrected chi connectivity index (χ4v) is 4.15. The third-order valence-corrected chi connectivity index (χ3v) is 6.89. The number of amides is 1. The van der Waals surface area contributed by atoms with E-state index >= 15 is 0 Å². The Labute approximate surface area is 164 Å². The third-order valence-electron chi connectivity index (χ3n) is 3.68. The molecule has 134 valence electrons. The quantitative estimate of drug-likeness (QED) is 0.672. The molecular formula is C17H18Br2N2O3S. The summed E-state index contributed by atoms with van der Waals surface area (Å²) in [5.74, 6) is -0.386. The minimum absolute atomic E-state index is 0.0876. The van der Waals surface area contributed by atoms with Crippen molar-refractivity contribution in [2.24, 2.45) is 0 Å². The Hall–Kier alpha value is -1.22. The van der Waals surface area contributed by atoms with Crippen molar-refractivity contribution in [2.45, 2.75) is 24.8 Å². The van der Waals surface area contributed by atoms with E-state index in [4.69, 9.17) is 0 Å². The fourth-order valence-electron chi connectivity index (χ4n) is 2.03. The molecular weight excluding hydrogens is 472 g/mol. The second-order valence-electron chi connectivity index (χ2n) is 5.72. The van der Waals surface area contributed by atoms with Gasteiger partial charge in [-0.25, -0.2) is 8.42 Å². The lowest BCUT2D eigenvalue weighted by Crippen LogP contribution is -2.33. The fraction of sp³-hybridized carbons (Fsp3) is 0.235. The summed E-state index contributed by atoms with van der Waals surface area (Å²) >= 11 is 6.73. The van der Waals surface area contributed by atoms with Crippen LogP contribution in [0, 0.1) is 0 Å². The van der Waals surface area contributed by atoms with E-state index in [2.05, 4.69) is 37.2 Å². The lowest BCUT2D eigenvalue weighted by molar-refractivity contribution is 0.102. The number of halogens is 2. The molecule has 0 bridgehead atoms. The molecule has 0 spiro atoms. The minimum Gasteiger partial charge on any atom is -0.321 e. The second kappa shape index (κ2) is 7.99. The minimum atomic E-state index is -3.65. The zero-order valence-electron chi connectivity index (χ0n) is 14.0. The molecule has 0 fully saturated rings. The van der Waals surface area contributed by atoms with Crippen LogP contribution in [0.4, 0.5) is 5.69 Å². The van der Waals surface area contributed by atoms with Crippen molar-refractivity contribution in [3.63, 3.8) is 0 Å². The van der Waals surface area contributed by atoms with Crippen molar-refractivity contribution >= 4 is 53.5 Å². The molecule has 2 aromatic carbocycles. The van der Waals surface area contributed by atoms with Crippen LogP contribution in [0.5, 0.6) is 0 Å². The van der Waals surface area contributed by atoms with Crippen LogP contribution in [0.15, 0.2) is 56.3 Å². The van der Waals surface area contributed by atoms with Crippen molar-refractivity contribution in [1.29, 1.82) is 0 Å². The van der Waals surface area contributed by atoms with Crippen LogP contribution in [0.1, 0.15) is 24.2 Å². The highest BCUT2D eigenvalue weighted by atomic mass is 79.9. The number of carbonyl (C=O) groups excluding carboxylic acids is 1. The molecule has 0 saturated carbocycles. The molecule has 0 aliphatic rings. The topological polar surface area (TPSA) is 66.5 Å². The van der Waals surface area contributed by atoms with Gasteiger partial charge in [-0.3, -0.25) is 4.79 Å². The molecule has 0 radical (unpaired) electrons. The van der Waals surface area contributed by atoms with Gasteiger partial charge in [-0.1, -0.05) is 22.0 Å². The Kier molecular flexibility index (Phi) is 6.42. The summed E-state index contributed by atoms with van der Waals surface area (Å²) in [6.45, 7) is 3.58. The van der Waals surface area contributed by atoms with E-state index in [0.29, 0.717) is 5.69 Å². The molecule has 2 rings (SSSR count). The van der Waals surface area contributed by atoms with Crippen LogP contribution >= 0.6 is 31.9 Å². The molecule has 1 N–H and O–H groups in total. The van der Waals surface area contributed by atoms with E-state index in [9.17, 15) is 13.2 Å². The summed E-state index contributed by atoms with van der Waals surface area (Å²) in [7, 11) is -2.13. The summed E-state index contributed by atoms with van der Waals surface area (Å²) in [5, 5.41) is 2.77. The largest absolute Gasteiger partial charge is 0.321 e. The molecule has 0 aromatic heterocycles. The first-order valence-corrected chi connectivity index (χ1v) is 10.5. The summed E-state index contributed by atoms with van der Waals surface area (Å²) in [4.78, 5) is 12.6. The first-order chi connectivity index (χ1) is 11.6. The number of nitrogens with zero attached hydrogens (tertiary/aromatic N) is 1. The molecule has 0 aliphatic carbocycles. The van der Waals surface area contributed by atoms with Crippen molar-refractivity contribution in [1.82, 2.24) is 4.31 Å².